The van der Waals surface area contributed by atoms with Crippen LogP contribution in [0.5, 0.6) is 0 Å². The van der Waals surface area contributed by atoms with Gasteiger partial charge in [-0.1, -0.05) is 11.6 Å². The van der Waals surface area contributed by atoms with E-state index in [1.165, 1.54) is 0 Å². The number of benzene rings is 1. The van der Waals surface area contributed by atoms with E-state index in [4.69, 9.17) is 11.6 Å². The molecule has 2 heterocycles. The number of hydrogen-bond acceptors (Lipinski definition) is 3. The molecule has 1 fully saturated rings. The molecule has 1 aliphatic heterocycles. The van der Waals surface area contributed by atoms with E-state index in [9.17, 15) is 9.59 Å². The molecule has 1 unspecified atom stereocenters. The monoisotopic (exact) mass is 357 g/mol. The number of carbonyl (C=O) groups is 2. The van der Waals surface area contributed by atoms with E-state index in [-0.39, 0.29) is 11.8 Å². The lowest BCUT2D eigenvalue weighted by Crippen LogP contribution is -2.46. The molecular formula is C19H20ClN3O2. The van der Waals surface area contributed by atoms with Crippen LogP contribution in [0, 0.1) is 0 Å². The Bertz CT molecular complexity index is 749. The molecule has 0 N–H and O–H groups in total. The van der Waals surface area contributed by atoms with E-state index < -0.39 is 6.04 Å². The van der Waals surface area contributed by atoms with Crippen molar-refractivity contribution in [2.45, 2.75) is 25.3 Å². The maximum absolute atomic E-state index is 12.9. The van der Waals surface area contributed by atoms with Crippen LogP contribution in [0.25, 0.3) is 0 Å². The van der Waals surface area contributed by atoms with E-state index >= 15 is 0 Å². The summed E-state index contributed by atoms with van der Waals surface area (Å²) in [5.74, 6) is -0.0573. The lowest BCUT2D eigenvalue weighted by molar-refractivity contribution is -0.131. The van der Waals surface area contributed by atoms with Crippen LogP contribution in [-0.4, -0.2) is 41.3 Å². The van der Waals surface area contributed by atoms with Gasteiger partial charge in [-0.2, -0.15) is 0 Å². The topological polar surface area (TPSA) is 53.5 Å². The molecule has 0 aliphatic carbocycles. The predicted molar refractivity (Wildman–Crippen MR) is 97.5 cm³/mol. The Morgan fingerprint density at radius 3 is 2.60 bits per heavy atom. The predicted octanol–water partition coefficient (Wildman–Crippen LogP) is 2.93. The number of anilines is 1. The number of aromatic nitrogens is 1. The molecule has 5 nitrogen and oxygen atoms in total. The molecule has 1 atom stereocenters. The van der Waals surface area contributed by atoms with Crippen LogP contribution < -0.4 is 4.90 Å². The van der Waals surface area contributed by atoms with Crippen molar-refractivity contribution in [1.82, 2.24) is 9.88 Å². The largest absolute Gasteiger partial charge is 0.344 e. The van der Waals surface area contributed by atoms with Gasteiger partial charge in [-0.3, -0.25) is 19.5 Å². The summed E-state index contributed by atoms with van der Waals surface area (Å²) in [6, 6.07) is 10.5. The van der Waals surface area contributed by atoms with Crippen molar-refractivity contribution in [3.8, 4) is 0 Å². The molecule has 1 aromatic carbocycles. The van der Waals surface area contributed by atoms with Crippen LogP contribution in [0.1, 0.15) is 18.4 Å². The minimum atomic E-state index is -0.448. The molecule has 0 bridgehead atoms. The fourth-order valence-corrected chi connectivity index (χ4v) is 3.18. The number of halogens is 1. The zero-order valence-electron chi connectivity index (χ0n) is 14.1. The summed E-state index contributed by atoms with van der Waals surface area (Å²) in [5, 5.41) is 0.604. The second kappa shape index (κ2) is 7.66. The second-order valence-corrected chi connectivity index (χ2v) is 6.60. The molecule has 130 valence electrons. The zero-order valence-corrected chi connectivity index (χ0v) is 14.8. The van der Waals surface area contributed by atoms with E-state index in [0.29, 0.717) is 30.1 Å². The Morgan fingerprint density at radius 1 is 1.24 bits per heavy atom. The number of pyridine rings is 1. The normalized spacial score (nSPS) is 17.0. The van der Waals surface area contributed by atoms with Gasteiger partial charge in [-0.05, 0) is 54.8 Å². The van der Waals surface area contributed by atoms with Gasteiger partial charge in [0.15, 0.2) is 0 Å². The Labute approximate surface area is 152 Å². The number of amides is 2. The summed E-state index contributed by atoms with van der Waals surface area (Å²) in [6.45, 7) is 0.599. The van der Waals surface area contributed by atoms with Gasteiger partial charge in [0.1, 0.15) is 6.04 Å². The Hall–Kier alpha value is -2.40. The maximum Gasteiger partial charge on any atom is 0.245 e. The Morgan fingerprint density at radius 2 is 1.92 bits per heavy atom. The summed E-state index contributed by atoms with van der Waals surface area (Å²) in [7, 11) is 1.78. The highest BCUT2D eigenvalue weighted by molar-refractivity contribution is 6.30. The standard InChI is InChI=1S/C19H20ClN3O2/c1-22(13-10-14-8-11-21-12-9-14)19(25)17-6-7-18(24)23(17)16-4-2-15(20)3-5-16/h2-5,8-9,11-12,17H,6-7,10,13H2,1H3. The summed E-state index contributed by atoms with van der Waals surface area (Å²) >= 11 is 5.92. The average Bonchev–Trinajstić information content (AvgIpc) is 3.02. The molecule has 2 amide bonds. The van der Waals surface area contributed by atoms with Crippen LogP contribution in [0.2, 0.25) is 5.02 Å². The van der Waals surface area contributed by atoms with Gasteiger partial charge < -0.3 is 4.90 Å². The highest BCUT2D eigenvalue weighted by atomic mass is 35.5. The van der Waals surface area contributed by atoms with Gasteiger partial charge >= 0.3 is 0 Å². The third-order valence-electron chi connectivity index (χ3n) is 4.46. The van der Waals surface area contributed by atoms with Gasteiger partial charge in [0.2, 0.25) is 11.8 Å². The van der Waals surface area contributed by atoms with E-state index in [1.54, 1.807) is 53.5 Å². The first-order valence-corrected chi connectivity index (χ1v) is 8.65. The molecular weight excluding hydrogens is 338 g/mol. The molecule has 25 heavy (non-hydrogen) atoms. The average molecular weight is 358 g/mol. The van der Waals surface area contributed by atoms with Crippen LogP contribution >= 0.6 is 11.6 Å². The molecule has 1 aliphatic rings. The van der Waals surface area contributed by atoms with Gasteiger partial charge in [0.25, 0.3) is 0 Å². The van der Waals surface area contributed by atoms with E-state index in [1.807, 2.05) is 12.1 Å². The van der Waals surface area contributed by atoms with Gasteiger partial charge in [0, 0.05) is 43.1 Å². The van der Waals surface area contributed by atoms with Crippen molar-refractivity contribution < 1.29 is 9.59 Å². The lowest BCUT2D eigenvalue weighted by atomic mass is 10.1. The molecule has 1 saturated heterocycles. The summed E-state index contributed by atoms with van der Waals surface area (Å²) in [6.07, 6.45) is 5.17. The third kappa shape index (κ3) is 3.99. The van der Waals surface area contributed by atoms with Crippen LogP contribution in [0.15, 0.2) is 48.8 Å². The fraction of sp³-hybridized carbons (Fsp3) is 0.316. The van der Waals surface area contributed by atoms with Crippen molar-refractivity contribution in [3.63, 3.8) is 0 Å². The molecule has 6 heteroatoms. The Balaban J connectivity index is 1.69. The van der Waals surface area contributed by atoms with Crippen molar-refractivity contribution >= 4 is 29.1 Å². The van der Waals surface area contributed by atoms with Crippen LogP contribution in [-0.2, 0) is 16.0 Å². The number of likely N-dealkylation sites (N-methyl/N-ethyl adjacent to an activating group) is 1. The van der Waals surface area contributed by atoms with Crippen LogP contribution in [0.3, 0.4) is 0 Å². The van der Waals surface area contributed by atoms with Crippen molar-refractivity contribution in [2.24, 2.45) is 0 Å². The molecule has 1 aromatic heterocycles. The first kappa shape index (κ1) is 17.4. The number of hydrogen-bond donors (Lipinski definition) is 0. The lowest BCUT2D eigenvalue weighted by Gasteiger charge is -2.28. The van der Waals surface area contributed by atoms with E-state index in [0.717, 1.165) is 12.0 Å². The first-order valence-electron chi connectivity index (χ1n) is 8.28. The SMILES string of the molecule is CN(CCc1ccncc1)C(=O)C1CCC(=O)N1c1ccc(Cl)cc1. The highest BCUT2D eigenvalue weighted by Crippen LogP contribution is 2.28. The molecule has 0 saturated carbocycles. The highest BCUT2D eigenvalue weighted by Gasteiger charge is 2.38. The third-order valence-corrected chi connectivity index (χ3v) is 4.72. The van der Waals surface area contributed by atoms with Crippen molar-refractivity contribution in [2.75, 3.05) is 18.5 Å². The van der Waals surface area contributed by atoms with Gasteiger partial charge in [-0.15, -0.1) is 0 Å². The van der Waals surface area contributed by atoms with Crippen molar-refractivity contribution in [3.05, 3.63) is 59.4 Å². The van der Waals surface area contributed by atoms with Crippen molar-refractivity contribution in [1.29, 1.82) is 0 Å². The Kier molecular flexibility index (Phi) is 5.34. The smallest absolute Gasteiger partial charge is 0.245 e. The quantitative estimate of drug-likeness (QED) is 0.826. The fourth-order valence-electron chi connectivity index (χ4n) is 3.05. The summed E-state index contributed by atoms with van der Waals surface area (Å²) < 4.78 is 0. The van der Waals surface area contributed by atoms with E-state index in [2.05, 4.69) is 4.98 Å². The summed E-state index contributed by atoms with van der Waals surface area (Å²) in [5.41, 5.74) is 1.85. The molecule has 0 radical (unpaired) electrons. The summed E-state index contributed by atoms with van der Waals surface area (Å²) in [4.78, 5) is 32.4. The first-order chi connectivity index (χ1) is 12.1. The van der Waals surface area contributed by atoms with Gasteiger partial charge in [-0.25, -0.2) is 0 Å². The maximum atomic E-state index is 12.9. The molecule has 3 rings (SSSR count). The number of carbonyl (C=O) groups excluding carboxylic acids is 2. The molecule has 2 aromatic rings. The molecule has 0 spiro atoms. The minimum Gasteiger partial charge on any atom is -0.344 e. The number of rotatable bonds is 5. The van der Waals surface area contributed by atoms with Crippen LogP contribution in [0.4, 0.5) is 5.69 Å². The minimum absolute atomic E-state index is 0.0248. The second-order valence-electron chi connectivity index (χ2n) is 6.16. The zero-order chi connectivity index (χ0) is 17.8. The van der Waals surface area contributed by atoms with Gasteiger partial charge in [0.05, 0.1) is 0 Å². The number of nitrogens with zero attached hydrogens (tertiary/aromatic N) is 3.